The SMILES string of the molecule is CCOC(=O)/C(=N\O)c1csc(N)n1. The van der Waals surface area contributed by atoms with Crippen LogP contribution in [0.2, 0.25) is 0 Å². The summed E-state index contributed by atoms with van der Waals surface area (Å²) in [4.78, 5) is 15.0. The van der Waals surface area contributed by atoms with Gasteiger partial charge in [0.15, 0.2) is 5.13 Å². The molecule has 0 spiro atoms. The highest BCUT2D eigenvalue weighted by Gasteiger charge is 2.18. The topological polar surface area (TPSA) is 97.8 Å². The summed E-state index contributed by atoms with van der Waals surface area (Å²) in [6, 6.07) is 0. The smallest absolute Gasteiger partial charge is 0.362 e. The summed E-state index contributed by atoms with van der Waals surface area (Å²) < 4.78 is 4.65. The second-order valence-electron chi connectivity index (χ2n) is 2.24. The van der Waals surface area contributed by atoms with Crippen molar-refractivity contribution < 1.29 is 14.7 Å². The van der Waals surface area contributed by atoms with Gasteiger partial charge in [-0.05, 0) is 6.92 Å². The van der Waals surface area contributed by atoms with Gasteiger partial charge in [-0.2, -0.15) is 0 Å². The molecule has 0 aliphatic heterocycles. The standard InChI is InChI=1S/C7H9N3O3S/c1-2-13-6(11)5(10-12)4-3-14-7(8)9-4/h3,12H,2H2,1H3,(H2,8,9)/b10-5-. The molecule has 1 rings (SSSR count). The zero-order valence-electron chi connectivity index (χ0n) is 7.43. The Balaban J connectivity index is 2.88. The van der Waals surface area contributed by atoms with Crippen molar-refractivity contribution in [3.8, 4) is 0 Å². The molecular formula is C7H9N3O3S. The molecule has 0 amide bonds. The van der Waals surface area contributed by atoms with Crippen molar-refractivity contribution in [1.82, 2.24) is 4.98 Å². The Morgan fingerprint density at radius 1 is 1.86 bits per heavy atom. The number of ether oxygens (including phenoxy) is 1. The molecule has 1 aromatic rings. The van der Waals surface area contributed by atoms with E-state index in [0.29, 0.717) is 5.13 Å². The first-order chi connectivity index (χ1) is 6.69. The fourth-order valence-corrected chi connectivity index (χ4v) is 1.34. The largest absolute Gasteiger partial charge is 0.461 e. The fourth-order valence-electron chi connectivity index (χ4n) is 0.792. The summed E-state index contributed by atoms with van der Waals surface area (Å²) in [5, 5.41) is 13.2. The van der Waals surface area contributed by atoms with Crippen molar-refractivity contribution in [3.63, 3.8) is 0 Å². The molecule has 0 saturated heterocycles. The van der Waals surface area contributed by atoms with Crippen molar-refractivity contribution in [2.75, 3.05) is 12.3 Å². The average Bonchev–Trinajstić information content (AvgIpc) is 2.54. The van der Waals surface area contributed by atoms with Crippen LogP contribution in [0.15, 0.2) is 10.5 Å². The third kappa shape index (κ3) is 2.19. The molecule has 0 aromatic carbocycles. The van der Waals surface area contributed by atoms with Gasteiger partial charge in [0.05, 0.1) is 6.61 Å². The zero-order valence-corrected chi connectivity index (χ0v) is 8.24. The molecule has 1 aromatic heterocycles. The molecule has 0 saturated carbocycles. The van der Waals surface area contributed by atoms with Crippen LogP contribution in [0.25, 0.3) is 0 Å². The minimum atomic E-state index is -0.722. The second-order valence-corrected chi connectivity index (χ2v) is 3.13. The van der Waals surface area contributed by atoms with Crippen LogP contribution in [-0.4, -0.2) is 28.5 Å². The molecule has 76 valence electrons. The molecule has 3 N–H and O–H groups in total. The molecule has 0 aliphatic carbocycles. The lowest BCUT2D eigenvalue weighted by molar-refractivity contribution is -0.135. The van der Waals surface area contributed by atoms with Crippen LogP contribution in [0.1, 0.15) is 12.6 Å². The number of thiazole rings is 1. The maximum Gasteiger partial charge on any atom is 0.362 e. The molecule has 0 unspecified atom stereocenters. The van der Waals surface area contributed by atoms with Gasteiger partial charge < -0.3 is 15.7 Å². The van der Waals surface area contributed by atoms with Crippen LogP contribution in [0.3, 0.4) is 0 Å². The van der Waals surface area contributed by atoms with Crippen LogP contribution >= 0.6 is 11.3 Å². The normalized spacial score (nSPS) is 11.4. The number of oxime groups is 1. The number of aromatic nitrogens is 1. The number of nitrogens with two attached hydrogens (primary N) is 1. The molecule has 0 radical (unpaired) electrons. The van der Waals surface area contributed by atoms with Crippen molar-refractivity contribution in [1.29, 1.82) is 0 Å². The van der Waals surface area contributed by atoms with Gasteiger partial charge in [0.2, 0.25) is 5.71 Å². The summed E-state index contributed by atoms with van der Waals surface area (Å²) >= 11 is 1.15. The van der Waals surface area contributed by atoms with Crippen LogP contribution in [0.4, 0.5) is 5.13 Å². The number of nitrogen functional groups attached to an aromatic ring is 1. The predicted molar refractivity (Wildman–Crippen MR) is 51.5 cm³/mol. The summed E-state index contributed by atoms with van der Waals surface area (Å²) in [5.74, 6) is -0.722. The molecule has 0 fully saturated rings. The van der Waals surface area contributed by atoms with E-state index in [0.717, 1.165) is 11.3 Å². The van der Waals surface area contributed by atoms with E-state index < -0.39 is 5.97 Å². The third-order valence-electron chi connectivity index (χ3n) is 1.33. The van der Waals surface area contributed by atoms with Crippen LogP contribution in [-0.2, 0) is 9.53 Å². The first-order valence-electron chi connectivity index (χ1n) is 3.79. The van der Waals surface area contributed by atoms with Gasteiger partial charge in [0.25, 0.3) is 0 Å². The molecular weight excluding hydrogens is 206 g/mol. The van der Waals surface area contributed by atoms with Crippen LogP contribution in [0.5, 0.6) is 0 Å². The zero-order chi connectivity index (χ0) is 10.6. The predicted octanol–water partition coefficient (Wildman–Crippen LogP) is 0.467. The maximum absolute atomic E-state index is 11.2. The van der Waals surface area contributed by atoms with E-state index in [4.69, 9.17) is 10.9 Å². The lowest BCUT2D eigenvalue weighted by Gasteiger charge is -1.99. The molecule has 0 aliphatic rings. The van der Waals surface area contributed by atoms with E-state index >= 15 is 0 Å². The van der Waals surface area contributed by atoms with Gasteiger partial charge in [-0.3, -0.25) is 0 Å². The highest BCUT2D eigenvalue weighted by Crippen LogP contribution is 2.12. The van der Waals surface area contributed by atoms with Gasteiger partial charge in [0, 0.05) is 5.38 Å². The van der Waals surface area contributed by atoms with E-state index in [9.17, 15) is 4.79 Å². The number of hydrogen-bond acceptors (Lipinski definition) is 7. The molecule has 14 heavy (non-hydrogen) atoms. The van der Waals surface area contributed by atoms with Crippen molar-refractivity contribution in [3.05, 3.63) is 11.1 Å². The molecule has 6 nitrogen and oxygen atoms in total. The molecule has 0 bridgehead atoms. The van der Waals surface area contributed by atoms with Crippen molar-refractivity contribution in [2.24, 2.45) is 5.16 Å². The number of hydrogen-bond donors (Lipinski definition) is 2. The lowest BCUT2D eigenvalue weighted by atomic mass is 10.3. The van der Waals surface area contributed by atoms with E-state index in [-0.39, 0.29) is 18.0 Å². The highest BCUT2D eigenvalue weighted by molar-refractivity contribution is 7.13. The molecule has 1 heterocycles. The van der Waals surface area contributed by atoms with Gasteiger partial charge >= 0.3 is 5.97 Å². The van der Waals surface area contributed by atoms with Gasteiger partial charge in [-0.1, -0.05) is 5.16 Å². The van der Waals surface area contributed by atoms with Crippen LogP contribution in [0, 0.1) is 0 Å². The van der Waals surface area contributed by atoms with E-state index in [1.54, 1.807) is 6.92 Å². The van der Waals surface area contributed by atoms with Crippen molar-refractivity contribution >= 4 is 28.1 Å². The summed E-state index contributed by atoms with van der Waals surface area (Å²) in [7, 11) is 0. The third-order valence-corrected chi connectivity index (χ3v) is 2.01. The van der Waals surface area contributed by atoms with Gasteiger partial charge in [0.1, 0.15) is 5.69 Å². The Morgan fingerprint density at radius 3 is 3.00 bits per heavy atom. The Kier molecular flexibility index (Phi) is 3.41. The first kappa shape index (κ1) is 10.5. The maximum atomic E-state index is 11.2. The quantitative estimate of drug-likeness (QED) is 0.330. The Morgan fingerprint density at radius 2 is 2.57 bits per heavy atom. The highest BCUT2D eigenvalue weighted by atomic mass is 32.1. The summed E-state index contributed by atoms with van der Waals surface area (Å²) in [6.07, 6.45) is 0. The number of carbonyl (C=O) groups excluding carboxylic acids is 1. The number of nitrogens with zero attached hydrogens (tertiary/aromatic N) is 2. The Hall–Kier alpha value is -1.63. The Bertz CT molecular complexity index is 361. The molecule has 7 heteroatoms. The average molecular weight is 215 g/mol. The second kappa shape index (κ2) is 4.56. The fraction of sp³-hybridized carbons (Fsp3) is 0.286. The number of rotatable bonds is 3. The van der Waals surface area contributed by atoms with Crippen molar-refractivity contribution in [2.45, 2.75) is 6.92 Å². The van der Waals surface area contributed by atoms with E-state index in [2.05, 4.69) is 14.9 Å². The van der Waals surface area contributed by atoms with Crippen LogP contribution < -0.4 is 5.73 Å². The van der Waals surface area contributed by atoms with Gasteiger partial charge in [-0.15, -0.1) is 11.3 Å². The Labute approximate surface area is 84.0 Å². The lowest BCUT2D eigenvalue weighted by Crippen LogP contribution is -2.19. The van der Waals surface area contributed by atoms with E-state index in [1.165, 1.54) is 5.38 Å². The summed E-state index contributed by atoms with van der Waals surface area (Å²) in [6.45, 7) is 1.86. The minimum Gasteiger partial charge on any atom is -0.461 e. The number of carbonyl (C=O) groups is 1. The monoisotopic (exact) mass is 215 g/mol. The van der Waals surface area contributed by atoms with Gasteiger partial charge in [-0.25, -0.2) is 9.78 Å². The number of esters is 1. The first-order valence-corrected chi connectivity index (χ1v) is 4.67. The summed E-state index contributed by atoms with van der Waals surface area (Å²) in [5.41, 5.74) is 5.34. The minimum absolute atomic E-state index is 0.206. The molecule has 0 atom stereocenters. The number of anilines is 1. The van der Waals surface area contributed by atoms with E-state index in [1.807, 2.05) is 0 Å².